The number of hydrogen-bond acceptors (Lipinski definition) is 1. The Kier molecular flexibility index (Phi) is 3.65. The van der Waals surface area contributed by atoms with Crippen molar-refractivity contribution in [2.45, 2.75) is 19.3 Å². The Morgan fingerprint density at radius 2 is 1.88 bits per heavy atom. The van der Waals surface area contributed by atoms with Crippen molar-refractivity contribution >= 4 is 13.7 Å². The lowest BCUT2D eigenvalue weighted by molar-refractivity contribution is 0.191. The zero-order valence-electron chi connectivity index (χ0n) is 9.86. The van der Waals surface area contributed by atoms with E-state index in [-0.39, 0.29) is 5.81 Å². The minimum Gasteiger partial charge on any atom is -0.352 e. The summed E-state index contributed by atoms with van der Waals surface area (Å²) in [4.78, 5) is 13.1. The maximum absolute atomic E-state index is 11.2. The average Bonchev–Trinajstić information content (AvgIpc) is 2.31. The molecule has 0 unspecified atom stereocenters. The Morgan fingerprint density at radius 1 is 1.25 bits per heavy atom. The number of carbonyl (C=O) groups excluding carboxylic acids is 1. The van der Waals surface area contributed by atoms with Crippen LogP contribution in [0.3, 0.4) is 0 Å². The molecule has 1 aromatic rings. The molecule has 0 atom stereocenters. The van der Waals surface area contributed by atoms with Crippen molar-refractivity contribution in [3.05, 3.63) is 35.9 Å². The van der Waals surface area contributed by atoms with Crippen LogP contribution < -0.4 is 0 Å². The van der Waals surface area contributed by atoms with E-state index in [0.29, 0.717) is 0 Å². The van der Waals surface area contributed by atoms with Gasteiger partial charge >= 0.3 is 0 Å². The zero-order chi connectivity index (χ0) is 11.4. The number of amides is 1. The maximum atomic E-state index is 11.2. The van der Waals surface area contributed by atoms with Crippen LogP contribution in [0.4, 0.5) is 4.79 Å². The first-order valence-corrected chi connectivity index (χ1v) is 6.05. The number of carbonyl (C=O) groups is 1. The van der Waals surface area contributed by atoms with Gasteiger partial charge in [0.05, 0.1) is 0 Å². The third-order valence-electron chi connectivity index (χ3n) is 3.43. The number of likely N-dealkylation sites (tertiary alicyclic amines) is 1. The van der Waals surface area contributed by atoms with E-state index in [2.05, 4.69) is 30.3 Å². The molecule has 0 aromatic heterocycles. The van der Waals surface area contributed by atoms with Crippen LogP contribution in [0.1, 0.15) is 18.4 Å². The van der Waals surface area contributed by atoms with Crippen molar-refractivity contribution < 1.29 is 4.79 Å². The SMILES string of the molecule is BC(=O)N1CCC(Cc2ccccc2)CC1. The number of nitrogens with zero attached hydrogens (tertiary/aromatic N) is 1. The molecule has 1 saturated heterocycles. The number of hydrogen-bond donors (Lipinski definition) is 0. The highest BCUT2D eigenvalue weighted by molar-refractivity contribution is 6.56. The van der Waals surface area contributed by atoms with Crippen LogP contribution in [0.5, 0.6) is 0 Å². The van der Waals surface area contributed by atoms with Crippen LogP contribution >= 0.6 is 0 Å². The van der Waals surface area contributed by atoms with E-state index in [0.717, 1.165) is 38.3 Å². The summed E-state index contributed by atoms with van der Waals surface area (Å²) in [7, 11) is 1.66. The normalized spacial score (nSPS) is 17.4. The summed E-state index contributed by atoms with van der Waals surface area (Å²) in [5, 5.41) is 0. The Bertz CT molecular complexity index is 344. The molecule has 0 saturated carbocycles. The smallest absolute Gasteiger partial charge is 0.215 e. The number of rotatable bonds is 2. The Labute approximate surface area is 98.1 Å². The summed E-state index contributed by atoms with van der Waals surface area (Å²) < 4.78 is 0. The molecule has 1 aromatic carbocycles. The first-order valence-electron chi connectivity index (χ1n) is 6.05. The van der Waals surface area contributed by atoms with Gasteiger partial charge in [0.1, 0.15) is 0 Å². The Balaban J connectivity index is 1.84. The highest BCUT2D eigenvalue weighted by atomic mass is 16.1. The van der Waals surface area contributed by atoms with Crippen LogP contribution in [0, 0.1) is 5.92 Å². The summed E-state index contributed by atoms with van der Waals surface area (Å²) in [6.07, 6.45) is 3.45. The molecule has 1 amide bonds. The van der Waals surface area contributed by atoms with Gasteiger partial charge in [-0.15, -0.1) is 0 Å². The summed E-state index contributed by atoms with van der Waals surface area (Å²) >= 11 is 0. The second kappa shape index (κ2) is 5.19. The molecular weight excluding hydrogens is 197 g/mol. The molecule has 1 aliphatic rings. The van der Waals surface area contributed by atoms with Gasteiger partial charge in [-0.25, -0.2) is 0 Å². The predicted octanol–water partition coefficient (Wildman–Crippen LogP) is 1.69. The topological polar surface area (TPSA) is 20.3 Å². The molecule has 0 N–H and O–H groups in total. The molecule has 2 rings (SSSR count). The largest absolute Gasteiger partial charge is 0.352 e. The fourth-order valence-corrected chi connectivity index (χ4v) is 2.40. The Morgan fingerprint density at radius 3 is 2.44 bits per heavy atom. The summed E-state index contributed by atoms with van der Waals surface area (Å²) in [5.74, 6) is 0.969. The van der Waals surface area contributed by atoms with Crippen LogP contribution in [0.25, 0.3) is 0 Å². The summed E-state index contributed by atoms with van der Waals surface area (Å²) in [6.45, 7) is 1.87. The lowest BCUT2D eigenvalue weighted by Crippen LogP contribution is -2.38. The molecular formula is C13H18BNO. The molecule has 0 aliphatic carbocycles. The van der Waals surface area contributed by atoms with Crippen molar-refractivity contribution in [2.24, 2.45) is 5.92 Å². The second-order valence-corrected chi connectivity index (χ2v) is 4.64. The van der Waals surface area contributed by atoms with Crippen molar-refractivity contribution in [1.82, 2.24) is 4.90 Å². The monoisotopic (exact) mass is 215 g/mol. The van der Waals surface area contributed by atoms with Crippen LogP contribution in [0.15, 0.2) is 30.3 Å². The van der Waals surface area contributed by atoms with Gasteiger partial charge < -0.3 is 4.90 Å². The first-order chi connectivity index (χ1) is 7.75. The van der Waals surface area contributed by atoms with E-state index in [4.69, 9.17) is 0 Å². The number of piperidine rings is 1. The number of benzene rings is 1. The predicted molar refractivity (Wildman–Crippen MR) is 68.4 cm³/mol. The first kappa shape index (κ1) is 11.2. The average molecular weight is 215 g/mol. The molecule has 1 heterocycles. The van der Waals surface area contributed by atoms with Gasteiger partial charge in [-0.1, -0.05) is 30.3 Å². The molecule has 1 fully saturated rings. The standard InChI is InChI=1S/C13H18BNO/c14-13(16)15-8-6-12(7-9-15)10-11-4-2-1-3-5-11/h1-5,12H,6-10,14H2. The van der Waals surface area contributed by atoms with E-state index in [1.807, 2.05) is 4.90 Å². The van der Waals surface area contributed by atoms with E-state index in [9.17, 15) is 4.79 Å². The van der Waals surface area contributed by atoms with E-state index < -0.39 is 0 Å². The summed E-state index contributed by atoms with van der Waals surface area (Å²) in [6, 6.07) is 10.6. The van der Waals surface area contributed by atoms with Crippen molar-refractivity contribution in [2.75, 3.05) is 13.1 Å². The molecule has 0 spiro atoms. The van der Waals surface area contributed by atoms with Gasteiger partial charge in [0.15, 0.2) is 5.81 Å². The third kappa shape index (κ3) is 2.88. The fourth-order valence-electron chi connectivity index (χ4n) is 2.40. The van der Waals surface area contributed by atoms with Crippen molar-refractivity contribution in [3.63, 3.8) is 0 Å². The lowest BCUT2D eigenvalue weighted by atomic mass is 9.89. The highest BCUT2D eigenvalue weighted by Gasteiger charge is 2.20. The van der Waals surface area contributed by atoms with Gasteiger partial charge in [0, 0.05) is 13.1 Å². The highest BCUT2D eigenvalue weighted by Crippen LogP contribution is 2.21. The van der Waals surface area contributed by atoms with Gasteiger partial charge in [-0.2, -0.15) is 0 Å². The minimum absolute atomic E-state index is 0.221. The molecule has 1 aliphatic heterocycles. The van der Waals surface area contributed by atoms with Crippen molar-refractivity contribution in [3.8, 4) is 0 Å². The second-order valence-electron chi connectivity index (χ2n) is 4.64. The van der Waals surface area contributed by atoms with Crippen LogP contribution in [-0.4, -0.2) is 31.6 Å². The van der Waals surface area contributed by atoms with Gasteiger partial charge in [0.25, 0.3) is 0 Å². The third-order valence-corrected chi connectivity index (χ3v) is 3.43. The summed E-state index contributed by atoms with van der Waals surface area (Å²) in [5.41, 5.74) is 1.42. The molecule has 16 heavy (non-hydrogen) atoms. The van der Waals surface area contributed by atoms with Gasteiger partial charge in [0.2, 0.25) is 7.85 Å². The molecule has 0 bridgehead atoms. The quantitative estimate of drug-likeness (QED) is 0.687. The lowest BCUT2D eigenvalue weighted by Gasteiger charge is -2.31. The maximum Gasteiger partial charge on any atom is 0.215 e. The van der Waals surface area contributed by atoms with Gasteiger partial charge in [-0.3, -0.25) is 4.79 Å². The van der Waals surface area contributed by atoms with E-state index in [1.54, 1.807) is 7.85 Å². The van der Waals surface area contributed by atoms with E-state index >= 15 is 0 Å². The molecule has 3 heteroatoms. The zero-order valence-corrected chi connectivity index (χ0v) is 9.86. The van der Waals surface area contributed by atoms with E-state index in [1.165, 1.54) is 5.56 Å². The molecule has 84 valence electrons. The van der Waals surface area contributed by atoms with Gasteiger partial charge in [-0.05, 0) is 30.7 Å². The van der Waals surface area contributed by atoms with Crippen LogP contribution in [0.2, 0.25) is 0 Å². The van der Waals surface area contributed by atoms with Crippen molar-refractivity contribution in [1.29, 1.82) is 0 Å². The fraction of sp³-hybridized carbons (Fsp3) is 0.462. The molecule has 2 nitrogen and oxygen atoms in total. The minimum atomic E-state index is 0.221. The van der Waals surface area contributed by atoms with Crippen LogP contribution in [-0.2, 0) is 6.42 Å². The molecule has 0 radical (unpaired) electrons. The Hall–Kier alpha value is -1.25.